The molecule has 4 rings (SSSR count). The number of rotatable bonds is 6. The van der Waals surface area contributed by atoms with Crippen LogP contribution in [0.25, 0.3) is 0 Å². The third-order valence-corrected chi connectivity index (χ3v) is 7.07. The fourth-order valence-electron chi connectivity index (χ4n) is 4.24. The Kier molecular flexibility index (Phi) is 7.05. The molecule has 5 heteroatoms. The molecule has 0 aliphatic carbocycles. The number of thiophene rings is 1. The number of amides is 2. The SMILES string of the molecule is Cc1cccc(NC(=O)N(Cc2sccc2C)C2CCN(Cc3ccccc3)CC2)c1. The van der Waals surface area contributed by atoms with Gasteiger partial charge < -0.3 is 10.2 Å². The van der Waals surface area contributed by atoms with Crippen LogP contribution < -0.4 is 5.32 Å². The quantitative estimate of drug-likeness (QED) is 0.512. The van der Waals surface area contributed by atoms with E-state index in [1.165, 1.54) is 16.0 Å². The van der Waals surface area contributed by atoms with E-state index in [4.69, 9.17) is 0 Å². The number of hydrogen-bond donors (Lipinski definition) is 1. The standard InChI is InChI=1S/C26H31N3OS/c1-20-7-6-10-23(17-20)27-26(30)29(19-25-21(2)13-16-31-25)24-11-14-28(15-12-24)18-22-8-4-3-5-9-22/h3-10,13,16-17,24H,11-12,14-15,18-19H2,1-2H3,(H,27,30). The van der Waals surface area contributed by atoms with Crippen LogP contribution in [0, 0.1) is 13.8 Å². The second-order valence-electron chi connectivity index (χ2n) is 8.45. The Labute approximate surface area is 189 Å². The van der Waals surface area contributed by atoms with E-state index < -0.39 is 0 Å². The summed E-state index contributed by atoms with van der Waals surface area (Å²) in [5.41, 5.74) is 4.62. The summed E-state index contributed by atoms with van der Waals surface area (Å²) in [5, 5.41) is 5.26. The number of anilines is 1. The third kappa shape index (κ3) is 5.75. The fraction of sp³-hybridized carbons (Fsp3) is 0.346. The maximum Gasteiger partial charge on any atom is 0.322 e. The zero-order chi connectivity index (χ0) is 21.6. The summed E-state index contributed by atoms with van der Waals surface area (Å²) in [4.78, 5) is 19.2. The lowest BCUT2D eigenvalue weighted by atomic mass is 10.0. The van der Waals surface area contributed by atoms with Gasteiger partial charge in [0, 0.05) is 36.2 Å². The first kappa shape index (κ1) is 21.6. The van der Waals surface area contributed by atoms with E-state index in [0.29, 0.717) is 6.54 Å². The van der Waals surface area contributed by atoms with E-state index in [-0.39, 0.29) is 12.1 Å². The number of benzene rings is 2. The minimum absolute atomic E-state index is 0.0000839. The first-order valence-corrected chi connectivity index (χ1v) is 11.9. The molecule has 0 bridgehead atoms. The van der Waals surface area contributed by atoms with Gasteiger partial charge in [0.15, 0.2) is 0 Å². The van der Waals surface area contributed by atoms with Crippen LogP contribution in [0.3, 0.4) is 0 Å². The number of likely N-dealkylation sites (tertiary alicyclic amines) is 1. The predicted molar refractivity (Wildman–Crippen MR) is 130 cm³/mol. The summed E-state index contributed by atoms with van der Waals surface area (Å²) in [7, 11) is 0. The molecule has 0 atom stereocenters. The molecule has 1 N–H and O–H groups in total. The minimum atomic E-state index is -0.0000839. The molecular weight excluding hydrogens is 402 g/mol. The fourth-order valence-corrected chi connectivity index (χ4v) is 5.14. The Bertz CT molecular complexity index is 993. The zero-order valence-electron chi connectivity index (χ0n) is 18.4. The van der Waals surface area contributed by atoms with Crippen LogP contribution in [0.2, 0.25) is 0 Å². The van der Waals surface area contributed by atoms with Crippen LogP contribution in [0.4, 0.5) is 10.5 Å². The summed E-state index contributed by atoms with van der Waals surface area (Å²) >= 11 is 1.74. The molecule has 0 spiro atoms. The number of urea groups is 1. The van der Waals surface area contributed by atoms with Crippen molar-refractivity contribution in [2.45, 2.75) is 45.8 Å². The number of nitrogens with one attached hydrogen (secondary N) is 1. The number of piperidine rings is 1. The van der Waals surface area contributed by atoms with Gasteiger partial charge in [-0.15, -0.1) is 11.3 Å². The third-order valence-electron chi connectivity index (χ3n) is 6.06. The van der Waals surface area contributed by atoms with Crippen molar-refractivity contribution >= 4 is 23.1 Å². The van der Waals surface area contributed by atoms with Gasteiger partial charge in [-0.1, -0.05) is 42.5 Å². The Hall–Kier alpha value is -2.63. The molecule has 4 nitrogen and oxygen atoms in total. The molecule has 1 saturated heterocycles. The van der Waals surface area contributed by atoms with Crippen molar-refractivity contribution in [1.29, 1.82) is 0 Å². The van der Waals surface area contributed by atoms with E-state index in [0.717, 1.165) is 43.7 Å². The van der Waals surface area contributed by atoms with E-state index in [1.54, 1.807) is 11.3 Å². The first-order valence-electron chi connectivity index (χ1n) is 11.0. The highest BCUT2D eigenvalue weighted by Gasteiger charge is 2.29. The smallest absolute Gasteiger partial charge is 0.316 e. The molecule has 1 aliphatic heterocycles. The Morgan fingerprint density at radius 2 is 1.84 bits per heavy atom. The maximum absolute atomic E-state index is 13.3. The molecule has 1 aliphatic rings. The maximum atomic E-state index is 13.3. The molecule has 2 heterocycles. The number of carbonyl (C=O) groups excluding carboxylic acids is 1. The molecular formula is C26H31N3OS. The average molecular weight is 434 g/mol. The van der Waals surface area contributed by atoms with Crippen molar-refractivity contribution in [2.24, 2.45) is 0 Å². The normalized spacial score (nSPS) is 15.0. The second-order valence-corrected chi connectivity index (χ2v) is 9.45. The average Bonchev–Trinajstić information content (AvgIpc) is 3.18. The van der Waals surface area contributed by atoms with E-state index in [1.807, 2.05) is 31.2 Å². The van der Waals surface area contributed by atoms with Gasteiger partial charge in [-0.05, 0) is 67.0 Å². The van der Waals surface area contributed by atoms with Gasteiger partial charge in [0.05, 0.1) is 6.54 Å². The highest BCUT2D eigenvalue weighted by atomic mass is 32.1. The summed E-state index contributed by atoms with van der Waals surface area (Å²) in [6.07, 6.45) is 2.00. The molecule has 1 fully saturated rings. The van der Waals surface area contributed by atoms with Gasteiger partial charge in [0.1, 0.15) is 0 Å². The van der Waals surface area contributed by atoms with Crippen molar-refractivity contribution in [2.75, 3.05) is 18.4 Å². The van der Waals surface area contributed by atoms with Crippen molar-refractivity contribution < 1.29 is 4.79 Å². The van der Waals surface area contributed by atoms with Gasteiger partial charge in [0.25, 0.3) is 0 Å². The van der Waals surface area contributed by atoms with Crippen LogP contribution in [0.5, 0.6) is 0 Å². The monoisotopic (exact) mass is 433 g/mol. The largest absolute Gasteiger partial charge is 0.322 e. The summed E-state index contributed by atoms with van der Waals surface area (Å²) in [5.74, 6) is 0. The predicted octanol–water partition coefficient (Wildman–Crippen LogP) is 6.06. The van der Waals surface area contributed by atoms with Crippen molar-refractivity contribution in [3.05, 3.63) is 87.6 Å². The number of aryl methyl sites for hydroxylation is 2. The lowest BCUT2D eigenvalue weighted by Crippen LogP contribution is -2.48. The molecule has 0 saturated carbocycles. The van der Waals surface area contributed by atoms with Crippen LogP contribution in [-0.2, 0) is 13.1 Å². The number of nitrogens with zero attached hydrogens (tertiary/aromatic N) is 2. The van der Waals surface area contributed by atoms with Crippen LogP contribution in [0.15, 0.2) is 66.0 Å². The van der Waals surface area contributed by atoms with E-state index in [9.17, 15) is 4.79 Å². The van der Waals surface area contributed by atoms with Gasteiger partial charge in [-0.25, -0.2) is 4.79 Å². The molecule has 0 radical (unpaired) electrons. The van der Waals surface area contributed by atoms with Crippen molar-refractivity contribution in [3.63, 3.8) is 0 Å². The lowest BCUT2D eigenvalue weighted by Gasteiger charge is -2.38. The molecule has 0 unspecified atom stereocenters. The first-order chi connectivity index (χ1) is 15.1. The van der Waals surface area contributed by atoms with E-state index >= 15 is 0 Å². The van der Waals surface area contributed by atoms with Crippen molar-refractivity contribution in [3.8, 4) is 0 Å². The van der Waals surface area contributed by atoms with Crippen molar-refractivity contribution in [1.82, 2.24) is 9.80 Å². The minimum Gasteiger partial charge on any atom is -0.316 e. The van der Waals surface area contributed by atoms with Gasteiger partial charge in [-0.2, -0.15) is 0 Å². The Morgan fingerprint density at radius 1 is 1.06 bits per heavy atom. The van der Waals surface area contributed by atoms with Crippen LogP contribution >= 0.6 is 11.3 Å². The lowest BCUT2D eigenvalue weighted by molar-refractivity contribution is 0.120. The van der Waals surface area contributed by atoms with E-state index in [2.05, 4.69) is 63.8 Å². The topological polar surface area (TPSA) is 35.6 Å². The number of carbonyl (C=O) groups is 1. The van der Waals surface area contributed by atoms with Gasteiger partial charge >= 0.3 is 6.03 Å². The second kappa shape index (κ2) is 10.1. The molecule has 31 heavy (non-hydrogen) atoms. The summed E-state index contributed by atoms with van der Waals surface area (Å²) in [6.45, 7) is 7.85. The molecule has 1 aromatic heterocycles. The van der Waals surface area contributed by atoms with Crippen LogP contribution in [0.1, 0.15) is 34.4 Å². The molecule has 2 amide bonds. The van der Waals surface area contributed by atoms with Gasteiger partial charge in [-0.3, -0.25) is 4.90 Å². The van der Waals surface area contributed by atoms with Gasteiger partial charge in [0.2, 0.25) is 0 Å². The molecule has 2 aromatic carbocycles. The number of hydrogen-bond acceptors (Lipinski definition) is 3. The molecule has 162 valence electrons. The Balaban J connectivity index is 1.44. The summed E-state index contributed by atoms with van der Waals surface area (Å²) < 4.78 is 0. The highest BCUT2D eigenvalue weighted by Crippen LogP contribution is 2.25. The zero-order valence-corrected chi connectivity index (χ0v) is 19.2. The Morgan fingerprint density at radius 3 is 2.52 bits per heavy atom. The van der Waals surface area contributed by atoms with Crippen LogP contribution in [-0.4, -0.2) is 35.0 Å². The summed E-state index contributed by atoms with van der Waals surface area (Å²) in [6, 6.07) is 21.0. The molecule has 3 aromatic rings. The highest BCUT2D eigenvalue weighted by molar-refractivity contribution is 7.10.